The number of aryl methyl sites for hydroxylation is 2. The van der Waals surface area contributed by atoms with E-state index in [4.69, 9.17) is 5.11 Å². The number of aromatic nitrogens is 4. The number of aliphatic carboxylic acids is 1. The highest BCUT2D eigenvalue weighted by molar-refractivity contribution is 5.74. The van der Waals surface area contributed by atoms with Gasteiger partial charge in [0, 0.05) is 26.7 Å². The van der Waals surface area contributed by atoms with Crippen LogP contribution in [0.4, 0.5) is 5.95 Å². The molecule has 0 fully saturated rings. The van der Waals surface area contributed by atoms with Crippen molar-refractivity contribution >= 4 is 23.1 Å². The molecule has 9 nitrogen and oxygen atoms in total. The third-order valence-electron chi connectivity index (χ3n) is 3.49. The second-order valence-corrected chi connectivity index (χ2v) is 4.81. The van der Waals surface area contributed by atoms with Gasteiger partial charge in [-0.1, -0.05) is 0 Å². The molecule has 2 N–H and O–H groups in total. The summed E-state index contributed by atoms with van der Waals surface area (Å²) in [6.07, 6.45) is -0.0644. The summed E-state index contributed by atoms with van der Waals surface area (Å²) < 4.78 is 4.14. The number of carboxylic acid groups (broad SMARTS) is 1. The molecular weight excluding hydrogens is 290 g/mol. The molecule has 0 saturated carbocycles. The zero-order valence-corrected chi connectivity index (χ0v) is 12.8. The summed E-state index contributed by atoms with van der Waals surface area (Å²) in [4.78, 5) is 39.5. The van der Waals surface area contributed by atoms with E-state index in [2.05, 4.69) is 10.3 Å². The number of imidazole rings is 1. The van der Waals surface area contributed by atoms with E-state index < -0.39 is 11.7 Å². The Balaban J connectivity index is 2.64. The Morgan fingerprint density at radius 1 is 1.23 bits per heavy atom. The standard InChI is InChI=1S/C13H19N5O4/c1-4-17-9-10(15-12(17)14-7-6-8(19)20)16(3)13(22)18(5-2)11(9)21/h4-7H2,1-3H3,(H,14,15)(H,19,20). The van der Waals surface area contributed by atoms with Gasteiger partial charge in [0.1, 0.15) is 0 Å². The highest BCUT2D eigenvalue weighted by atomic mass is 16.4. The molecule has 0 unspecified atom stereocenters. The quantitative estimate of drug-likeness (QED) is 0.766. The van der Waals surface area contributed by atoms with Crippen molar-refractivity contribution in [1.29, 1.82) is 0 Å². The van der Waals surface area contributed by atoms with E-state index in [1.807, 2.05) is 6.92 Å². The topological polar surface area (TPSA) is 111 Å². The van der Waals surface area contributed by atoms with Crippen LogP contribution in [0, 0.1) is 0 Å². The largest absolute Gasteiger partial charge is 0.481 e. The van der Waals surface area contributed by atoms with Crippen molar-refractivity contribution in [3.63, 3.8) is 0 Å². The van der Waals surface area contributed by atoms with Crippen LogP contribution in [0.2, 0.25) is 0 Å². The SMILES string of the molecule is CCn1c(=O)c2c(nc(NCCC(=O)O)n2CC)n(C)c1=O. The minimum atomic E-state index is -0.924. The minimum absolute atomic E-state index is 0.0644. The van der Waals surface area contributed by atoms with Crippen LogP contribution >= 0.6 is 0 Å². The molecule has 120 valence electrons. The fraction of sp³-hybridized carbons (Fsp3) is 0.538. The molecule has 0 aliphatic heterocycles. The second-order valence-electron chi connectivity index (χ2n) is 4.81. The molecule has 2 heterocycles. The highest BCUT2D eigenvalue weighted by Gasteiger charge is 2.18. The van der Waals surface area contributed by atoms with Crippen LogP contribution in [0.1, 0.15) is 20.3 Å². The molecule has 0 aliphatic rings. The van der Waals surface area contributed by atoms with E-state index >= 15 is 0 Å². The van der Waals surface area contributed by atoms with Crippen LogP contribution in [-0.2, 0) is 24.9 Å². The Hall–Kier alpha value is -2.58. The van der Waals surface area contributed by atoms with E-state index in [1.54, 1.807) is 18.5 Å². The first-order valence-electron chi connectivity index (χ1n) is 7.08. The lowest BCUT2D eigenvalue weighted by atomic mass is 10.4. The number of fused-ring (bicyclic) bond motifs is 1. The van der Waals surface area contributed by atoms with Gasteiger partial charge in [0.2, 0.25) is 5.95 Å². The lowest BCUT2D eigenvalue weighted by Gasteiger charge is -2.08. The van der Waals surface area contributed by atoms with Crippen LogP contribution in [0.5, 0.6) is 0 Å². The van der Waals surface area contributed by atoms with E-state index in [0.29, 0.717) is 23.7 Å². The number of nitrogens with zero attached hydrogens (tertiary/aromatic N) is 4. The maximum Gasteiger partial charge on any atom is 0.332 e. The van der Waals surface area contributed by atoms with Crippen molar-refractivity contribution in [2.45, 2.75) is 33.4 Å². The first-order valence-corrected chi connectivity index (χ1v) is 7.08. The summed E-state index contributed by atoms with van der Waals surface area (Å²) >= 11 is 0. The van der Waals surface area contributed by atoms with Crippen LogP contribution in [0.25, 0.3) is 11.2 Å². The van der Waals surface area contributed by atoms with Gasteiger partial charge in [-0.25, -0.2) is 4.79 Å². The molecule has 2 aromatic rings. The van der Waals surface area contributed by atoms with Gasteiger partial charge in [-0.05, 0) is 13.8 Å². The zero-order chi connectivity index (χ0) is 16.4. The predicted molar refractivity (Wildman–Crippen MR) is 81.3 cm³/mol. The third kappa shape index (κ3) is 2.49. The molecule has 0 spiro atoms. The average molecular weight is 309 g/mol. The summed E-state index contributed by atoms with van der Waals surface area (Å²) in [5.74, 6) is -0.535. The molecule has 0 bridgehead atoms. The van der Waals surface area contributed by atoms with Crippen LogP contribution < -0.4 is 16.6 Å². The van der Waals surface area contributed by atoms with Gasteiger partial charge in [0.25, 0.3) is 5.56 Å². The number of anilines is 1. The molecular formula is C13H19N5O4. The van der Waals surface area contributed by atoms with E-state index in [9.17, 15) is 14.4 Å². The smallest absolute Gasteiger partial charge is 0.332 e. The Kier molecular flexibility index (Phi) is 4.34. The Bertz CT molecular complexity index is 830. The van der Waals surface area contributed by atoms with Crippen molar-refractivity contribution in [2.75, 3.05) is 11.9 Å². The molecule has 22 heavy (non-hydrogen) atoms. The van der Waals surface area contributed by atoms with Gasteiger partial charge in [0.05, 0.1) is 6.42 Å². The summed E-state index contributed by atoms with van der Waals surface area (Å²) in [6.45, 7) is 4.52. The maximum atomic E-state index is 12.5. The zero-order valence-electron chi connectivity index (χ0n) is 12.8. The molecule has 2 rings (SSSR count). The first-order chi connectivity index (χ1) is 10.4. The van der Waals surface area contributed by atoms with Crippen molar-refractivity contribution < 1.29 is 9.90 Å². The van der Waals surface area contributed by atoms with E-state index in [0.717, 1.165) is 4.57 Å². The summed E-state index contributed by atoms with van der Waals surface area (Å²) in [5, 5.41) is 11.6. The van der Waals surface area contributed by atoms with Crippen molar-refractivity contribution in [3.8, 4) is 0 Å². The number of carboxylic acids is 1. The summed E-state index contributed by atoms with van der Waals surface area (Å²) in [5.41, 5.74) is -0.178. The Morgan fingerprint density at radius 3 is 2.41 bits per heavy atom. The number of rotatable bonds is 6. The fourth-order valence-electron chi connectivity index (χ4n) is 2.37. The summed E-state index contributed by atoms with van der Waals surface area (Å²) in [7, 11) is 1.56. The monoisotopic (exact) mass is 309 g/mol. The van der Waals surface area contributed by atoms with Gasteiger partial charge in [-0.2, -0.15) is 4.98 Å². The molecule has 0 amide bonds. The number of carbonyl (C=O) groups is 1. The molecule has 9 heteroatoms. The van der Waals surface area contributed by atoms with Crippen molar-refractivity contribution in [2.24, 2.45) is 7.05 Å². The van der Waals surface area contributed by atoms with Gasteiger partial charge < -0.3 is 15.0 Å². The van der Waals surface area contributed by atoms with Crippen molar-refractivity contribution in [1.82, 2.24) is 18.7 Å². The van der Waals surface area contributed by atoms with Crippen LogP contribution in [-0.4, -0.2) is 36.3 Å². The lowest BCUT2D eigenvalue weighted by Crippen LogP contribution is -2.39. The Labute approximate surface area is 125 Å². The second kappa shape index (κ2) is 6.04. The van der Waals surface area contributed by atoms with Gasteiger partial charge in [-0.15, -0.1) is 0 Å². The minimum Gasteiger partial charge on any atom is -0.481 e. The first kappa shape index (κ1) is 15.8. The molecule has 0 radical (unpaired) electrons. The van der Waals surface area contributed by atoms with E-state index in [-0.39, 0.29) is 25.1 Å². The Morgan fingerprint density at radius 2 is 1.86 bits per heavy atom. The molecule has 0 aromatic carbocycles. The number of hydrogen-bond acceptors (Lipinski definition) is 5. The average Bonchev–Trinajstić information content (AvgIpc) is 2.84. The maximum absolute atomic E-state index is 12.5. The fourth-order valence-corrected chi connectivity index (χ4v) is 2.37. The molecule has 2 aromatic heterocycles. The summed E-state index contributed by atoms with van der Waals surface area (Å²) in [6, 6.07) is 0. The molecule has 0 saturated heterocycles. The van der Waals surface area contributed by atoms with Gasteiger partial charge in [-0.3, -0.25) is 18.7 Å². The number of hydrogen-bond donors (Lipinski definition) is 2. The lowest BCUT2D eigenvalue weighted by molar-refractivity contribution is -0.136. The van der Waals surface area contributed by atoms with Crippen LogP contribution in [0.15, 0.2) is 9.59 Å². The third-order valence-corrected chi connectivity index (χ3v) is 3.49. The van der Waals surface area contributed by atoms with E-state index in [1.165, 1.54) is 4.57 Å². The molecule has 0 aliphatic carbocycles. The predicted octanol–water partition coefficient (Wildman–Crippen LogP) is -0.177. The van der Waals surface area contributed by atoms with Gasteiger partial charge >= 0.3 is 11.7 Å². The van der Waals surface area contributed by atoms with Crippen LogP contribution in [0.3, 0.4) is 0 Å². The van der Waals surface area contributed by atoms with Crippen molar-refractivity contribution in [3.05, 3.63) is 20.8 Å². The highest BCUT2D eigenvalue weighted by Crippen LogP contribution is 2.15. The van der Waals surface area contributed by atoms with Gasteiger partial charge in [0.15, 0.2) is 11.2 Å². The number of nitrogens with one attached hydrogen (secondary N) is 1. The normalized spacial score (nSPS) is 11.0. The molecule has 0 atom stereocenters.